The summed E-state index contributed by atoms with van der Waals surface area (Å²) in [5, 5.41) is 5.33. The van der Waals surface area contributed by atoms with Crippen molar-refractivity contribution in [3.05, 3.63) is 29.8 Å². The molecule has 1 aromatic carbocycles. The number of hydrogen-bond acceptors (Lipinski definition) is 5. The molecule has 0 aromatic heterocycles. The zero-order valence-corrected chi connectivity index (χ0v) is 15.2. The average Bonchev–Trinajstić information content (AvgIpc) is 3.08. The standard InChI is InChI=1S/C19H26N2O5/c1-3-4-11-26-19(24)16(12-13-5-7-14(25-2)8-6-13)21-18(23)15-9-10-17(22)20-15/h5-8,15-16H,3-4,9-12H2,1-2H3,(H,20,22)(H,21,23)/t15-,16+/m1/s1. The van der Waals surface area contributed by atoms with Gasteiger partial charge in [-0.1, -0.05) is 25.5 Å². The molecule has 7 heteroatoms. The molecule has 1 aromatic rings. The van der Waals surface area contributed by atoms with Gasteiger partial charge in [-0.25, -0.2) is 4.79 Å². The maximum Gasteiger partial charge on any atom is 0.328 e. The molecule has 0 spiro atoms. The van der Waals surface area contributed by atoms with E-state index in [1.54, 1.807) is 19.2 Å². The fourth-order valence-electron chi connectivity index (χ4n) is 2.69. The summed E-state index contributed by atoms with van der Waals surface area (Å²) in [7, 11) is 1.58. The van der Waals surface area contributed by atoms with Crippen molar-refractivity contribution >= 4 is 17.8 Å². The first-order valence-electron chi connectivity index (χ1n) is 8.92. The molecule has 2 amide bonds. The van der Waals surface area contributed by atoms with Crippen molar-refractivity contribution in [2.75, 3.05) is 13.7 Å². The second-order valence-electron chi connectivity index (χ2n) is 6.29. The summed E-state index contributed by atoms with van der Waals surface area (Å²) in [5.41, 5.74) is 0.874. The largest absolute Gasteiger partial charge is 0.497 e. The van der Waals surface area contributed by atoms with Gasteiger partial charge in [0.25, 0.3) is 0 Å². The van der Waals surface area contributed by atoms with Crippen molar-refractivity contribution in [1.82, 2.24) is 10.6 Å². The Bertz CT molecular complexity index is 629. The van der Waals surface area contributed by atoms with Gasteiger partial charge in [0.05, 0.1) is 13.7 Å². The van der Waals surface area contributed by atoms with Crippen molar-refractivity contribution in [2.24, 2.45) is 0 Å². The second-order valence-corrected chi connectivity index (χ2v) is 6.29. The summed E-state index contributed by atoms with van der Waals surface area (Å²) < 4.78 is 10.4. The van der Waals surface area contributed by atoms with E-state index < -0.39 is 18.1 Å². The highest BCUT2D eigenvalue weighted by Crippen LogP contribution is 2.14. The number of esters is 1. The van der Waals surface area contributed by atoms with Gasteiger partial charge in [-0.2, -0.15) is 0 Å². The van der Waals surface area contributed by atoms with Crippen LogP contribution in [0.3, 0.4) is 0 Å². The zero-order valence-electron chi connectivity index (χ0n) is 15.2. The highest BCUT2D eigenvalue weighted by atomic mass is 16.5. The lowest BCUT2D eigenvalue weighted by Gasteiger charge is -2.20. The molecule has 1 fully saturated rings. The van der Waals surface area contributed by atoms with Gasteiger partial charge in [-0.15, -0.1) is 0 Å². The van der Waals surface area contributed by atoms with Crippen LogP contribution in [0, 0.1) is 0 Å². The van der Waals surface area contributed by atoms with Crippen LogP contribution < -0.4 is 15.4 Å². The molecule has 142 valence electrons. The molecule has 1 heterocycles. The summed E-state index contributed by atoms with van der Waals surface area (Å²) in [4.78, 5) is 36.1. The van der Waals surface area contributed by atoms with Crippen LogP contribution in [0.4, 0.5) is 0 Å². The van der Waals surface area contributed by atoms with E-state index >= 15 is 0 Å². The summed E-state index contributed by atoms with van der Waals surface area (Å²) in [6.07, 6.45) is 2.75. The molecule has 7 nitrogen and oxygen atoms in total. The lowest BCUT2D eigenvalue weighted by molar-refractivity contribution is -0.148. The molecular formula is C19H26N2O5. The molecule has 2 rings (SSSR count). The minimum Gasteiger partial charge on any atom is -0.497 e. The normalized spacial score (nSPS) is 17.3. The molecule has 0 bridgehead atoms. The van der Waals surface area contributed by atoms with Crippen LogP contribution in [0.2, 0.25) is 0 Å². The Labute approximate surface area is 153 Å². The van der Waals surface area contributed by atoms with Gasteiger partial charge >= 0.3 is 5.97 Å². The summed E-state index contributed by atoms with van der Waals surface area (Å²) in [6.45, 7) is 2.33. The number of methoxy groups -OCH3 is 1. The molecule has 0 aliphatic carbocycles. The molecule has 0 radical (unpaired) electrons. The van der Waals surface area contributed by atoms with E-state index in [0.29, 0.717) is 31.6 Å². The Morgan fingerprint density at radius 3 is 2.62 bits per heavy atom. The molecule has 26 heavy (non-hydrogen) atoms. The monoisotopic (exact) mass is 362 g/mol. The number of rotatable bonds is 9. The van der Waals surface area contributed by atoms with Gasteiger partial charge in [0.1, 0.15) is 17.8 Å². The lowest BCUT2D eigenvalue weighted by atomic mass is 10.0. The van der Waals surface area contributed by atoms with E-state index in [0.717, 1.165) is 18.4 Å². The summed E-state index contributed by atoms with van der Waals surface area (Å²) in [5.74, 6) is -0.260. The average molecular weight is 362 g/mol. The quantitative estimate of drug-likeness (QED) is 0.511. The lowest BCUT2D eigenvalue weighted by Crippen LogP contribution is -2.50. The first-order valence-corrected chi connectivity index (χ1v) is 8.92. The first kappa shape index (κ1) is 19.8. The fourth-order valence-corrected chi connectivity index (χ4v) is 2.69. The Morgan fingerprint density at radius 2 is 2.04 bits per heavy atom. The van der Waals surface area contributed by atoms with Crippen LogP contribution in [0.1, 0.15) is 38.2 Å². The molecule has 1 aliphatic rings. The first-order chi connectivity index (χ1) is 12.5. The van der Waals surface area contributed by atoms with Crippen molar-refractivity contribution < 1.29 is 23.9 Å². The van der Waals surface area contributed by atoms with E-state index in [-0.39, 0.29) is 11.8 Å². The topological polar surface area (TPSA) is 93.7 Å². The minimum atomic E-state index is -0.801. The van der Waals surface area contributed by atoms with E-state index in [1.165, 1.54) is 0 Å². The molecule has 1 saturated heterocycles. The second kappa shape index (κ2) is 9.79. The summed E-state index contributed by atoms with van der Waals surface area (Å²) >= 11 is 0. The van der Waals surface area contributed by atoms with Crippen LogP contribution in [0.25, 0.3) is 0 Å². The van der Waals surface area contributed by atoms with E-state index in [4.69, 9.17) is 9.47 Å². The fraction of sp³-hybridized carbons (Fsp3) is 0.526. The van der Waals surface area contributed by atoms with Crippen molar-refractivity contribution in [2.45, 2.75) is 51.1 Å². The number of ether oxygens (including phenoxy) is 2. The Balaban J connectivity index is 2.03. The Kier molecular flexibility index (Phi) is 7.44. The molecule has 0 saturated carbocycles. The highest BCUT2D eigenvalue weighted by molar-refractivity contribution is 5.93. The van der Waals surface area contributed by atoms with Gasteiger partial charge < -0.3 is 20.1 Å². The molecule has 2 N–H and O–H groups in total. The third-order valence-electron chi connectivity index (χ3n) is 4.25. The van der Waals surface area contributed by atoms with Gasteiger partial charge in [-0.05, 0) is 30.5 Å². The Hall–Kier alpha value is -2.57. The van der Waals surface area contributed by atoms with Crippen LogP contribution in [-0.4, -0.2) is 43.6 Å². The maximum absolute atomic E-state index is 12.4. The van der Waals surface area contributed by atoms with Crippen LogP contribution >= 0.6 is 0 Å². The van der Waals surface area contributed by atoms with Crippen molar-refractivity contribution in [1.29, 1.82) is 0 Å². The van der Waals surface area contributed by atoms with Gasteiger partial charge in [-0.3, -0.25) is 9.59 Å². The number of amides is 2. The number of benzene rings is 1. The van der Waals surface area contributed by atoms with Crippen molar-refractivity contribution in [3.8, 4) is 5.75 Å². The van der Waals surface area contributed by atoms with E-state index in [1.807, 2.05) is 19.1 Å². The smallest absolute Gasteiger partial charge is 0.328 e. The maximum atomic E-state index is 12.4. The van der Waals surface area contributed by atoms with Crippen LogP contribution in [-0.2, 0) is 25.5 Å². The van der Waals surface area contributed by atoms with Crippen LogP contribution in [0.5, 0.6) is 5.75 Å². The number of hydrogen-bond donors (Lipinski definition) is 2. The highest BCUT2D eigenvalue weighted by Gasteiger charge is 2.31. The minimum absolute atomic E-state index is 0.151. The van der Waals surface area contributed by atoms with Gasteiger partial charge in [0.15, 0.2) is 0 Å². The van der Waals surface area contributed by atoms with Gasteiger partial charge in [0, 0.05) is 12.8 Å². The molecule has 1 aliphatic heterocycles. The molecular weight excluding hydrogens is 336 g/mol. The van der Waals surface area contributed by atoms with Crippen molar-refractivity contribution in [3.63, 3.8) is 0 Å². The number of nitrogens with one attached hydrogen (secondary N) is 2. The predicted octanol–water partition coefficient (Wildman–Crippen LogP) is 1.34. The number of carbonyl (C=O) groups excluding carboxylic acids is 3. The molecule has 0 unspecified atom stereocenters. The number of unbranched alkanes of at least 4 members (excludes halogenated alkanes) is 1. The third-order valence-corrected chi connectivity index (χ3v) is 4.25. The zero-order chi connectivity index (χ0) is 18.9. The molecule has 2 atom stereocenters. The predicted molar refractivity (Wildman–Crippen MR) is 95.7 cm³/mol. The van der Waals surface area contributed by atoms with E-state index in [9.17, 15) is 14.4 Å². The third kappa shape index (κ3) is 5.75. The van der Waals surface area contributed by atoms with E-state index in [2.05, 4.69) is 10.6 Å². The SMILES string of the molecule is CCCCOC(=O)[C@H](Cc1ccc(OC)cc1)NC(=O)[C@H]1CCC(=O)N1. The summed E-state index contributed by atoms with van der Waals surface area (Å²) in [6, 6.07) is 5.89. The van der Waals surface area contributed by atoms with Gasteiger partial charge in [0.2, 0.25) is 11.8 Å². The Morgan fingerprint density at radius 1 is 1.31 bits per heavy atom. The number of carbonyl (C=O) groups is 3. The van der Waals surface area contributed by atoms with Crippen LogP contribution in [0.15, 0.2) is 24.3 Å².